The van der Waals surface area contributed by atoms with Crippen LogP contribution in [0.4, 0.5) is 0 Å². The number of nitrogens with zero attached hydrogens (tertiary/aromatic N) is 2. The third-order valence-corrected chi connectivity index (χ3v) is 4.88. The Hall–Kier alpha value is -1.36. The molecule has 2 aliphatic carbocycles. The molecule has 3 N–H and O–H groups in total. The molecule has 1 aromatic heterocycles. The van der Waals surface area contributed by atoms with Crippen LogP contribution < -0.4 is 11.1 Å². The third kappa shape index (κ3) is 3.46. The zero-order valence-electron chi connectivity index (χ0n) is 12.8. The first-order chi connectivity index (χ1) is 10.2. The van der Waals surface area contributed by atoms with Gasteiger partial charge in [-0.2, -0.15) is 5.10 Å². The standard InChI is InChI=1S/C16H26N4O/c1-11-14(10-19-20(11)8-2-7-17)16(21)18-9-15(12-3-4-12)13-5-6-13/h10,12-13,15H,2-9,17H2,1H3,(H,18,21). The Morgan fingerprint density at radius 1 is 1.43 bits per heavy atom. The molecule has 1 heterocycles. The van der Waals surface area contributed by atoms with Gasteiger partial charge in [0, 0.05) is 18.8 Å². The summed E-state index contributed by atoms with van der Waals surface area (Å²) in [4.78, 5) is 12.4. The maximum absolute atomic E-state index is 12.4. The number of hydrogen-bond donors (Lipinski definition) is 2. The summed E-state index contributed by atoms with van der Waals surface area (Å²) in [5.74, 6) is 2.47. The van der Waals surface area contributed by atoms with E-state index in [1.54, 1.807) is 6.20 Å². The molecule has 5 nitrogen and oxygen atoms in total. The van der Waals surface area contributed by atoms with Gasteiger partial charge in [-0.05, 0) is 63.3 Å². The predicted molar refractivity (Wildman–Crippen MR) is 81.9 cm³/mol. The molecule has 21 heavy (non-hydrogen) atoms. The highest BCUT2D eigenvalue weighted by atomic mass is 16.1. The van der Waals surface area contributed by atoms with Crippen molar-refractivity contribution in [2.75, 3.05) is 13.1 Å². The van der Waals surface area contributed by atoms with Crippen molar-refractivity contribution in [1.29, 1.82) is 0 Å². The first-order valence-corrected chi connectivity index (χ1v) is 8.21. The lowest BCUT2D eigenvalue weighted by molar-refractivity contribution is 0.0942. The van der Waals surface area contributed by atoms with E-state index >= 15 is 0 Å². The van der Waals surface area contributed by atoms with Crippen LogP contribution in [0.5, 0.6) is 0 Å². The second kappa shape index (κ2) is 6.18. The molecule has 2 aliphatic rings. The van der Waals surface area contributed by atoms with E-state index in [0.29, 0.717) is 18.0 Å². The fourth-order valence-electron chi connectivity index (χ4n) is 3.21. The minimum absolute atomic E-state index is 0.0257. The summed E-state index contributed by atoms with van der Waals surface area (Å²) in [6.45, 7) is 4.22. The number of hydrogen-bond acceptors (Lipinski definition) is 3. The second-order valence-electron chi connectivity index (χ2n) is 6.56. The van der Waals surface area contributed by atoms with Gasteiger partial charge in [-0.25, -0.2) is 0 Å². The van der Waals surface area contributed by atoms with Crippen LogP contribution in [-0.2, 0) is 6.54 Å². The molecule has 2 saturated carbocycles. The normalized spacial score (nSPS) is 18.2. The number of rotatable bonds is 8. The number of nitrogens with two attached hydrogens (primary N) is 1. The fraction of sp³-hybridized carbons (Fsp3) is 0.750. The first kappa shape index (κ1) is 14.6. The zero-order chi connectivity index (χ0) is 14.8. The highest BCUT2D eigenvalue weighted by Gasteiger charge is 2.41. The van der Waals surface area contributed by atoms with Crippen molar-refractivity contribution in [3.63, 3.8) is 0 Å². The molecular formula is C16H26N4O. The van der Waals surface area contributed by atoms with Crippen molar-refractivity contribution >= 4 is 5.91 Å². The largest absolute Gasteiger partial charge is 0.352 e. The SMILES string of the molecule is Cc1c(C(=O)NCC(C2CC2)C2CC2)cnn1CCCN. The number of aromatic nitrogens is 2. The van der Waals surface area contributed by atoms with Crippen LogP contribution in [0.15, 0.2) is 6.20 Å². The van der Waals surface area contributed by atoms with Crippen LogP contribution in [0.1, 0.15) is 48.2 Å². The quantitative estimate of drug-likeness (QED) is 0.765. The number of carbonyl (C=O) groups is 1. The van der Waals surface area contributed by atoms with Gasteiger partial charge in [-0.1, -0.05) is 0 Å². The molecule has 0 unspecified atom stereocenters. The Morgan fingerprint density at radius 3 is 2.67 bits per heavy atom. The molecule has 0 aliphatic heterocycles. The van der Waals surface area contributed by atoms with Crippen LogP contribution in [0, 0.1) is 24.7 Å². The Labute approximate surface area is 126 Å². The van der Waals surface area contributed by atoms with E-state index < -0.39 is 0 Å². The van der Waals surface area contributed by atoms with E-state index in [1.807, 2.05) is 11.6 Å². The molecule has 0 bridgehead atoms. The van der Waals surface area contributed by atoms with Gasteiger partial charge in [0.1, 0.15) is 0 Å². The molecule has 116 valence electrons. The van der Waals surface area contributed by atoms with Crippen molar-refractivity contribution in [1.82, 2.24) is 15.1 Å². The molecule has 0 radical (unpaired) electrons. The van der Waals surface area contributed by atoms with Crippen LogP contribution in [0.3, 0.4) is 0 Å². The van der Waals surface area contributed by atoms with Gasteiger partial charge in [0.25, 0.3) is 5.91 Å². The number of amides is 1. The molecule has 0 spiro atoms. The highest BCUT2D eigenvalue weighted by Crippen LogP contribution is 2.48. The van der Waals surface area contributed by atoms with Gasteiger partial charge in [-0.15, -0.1) is 0 Å². The van der Waals surface area contributed by atoms with Crippen molar-refractivity contribution < 1.29 is 4.79 Å². The van der Waals surface area contributed by atoms with Gasteiger partial charge in [0.2, 0.25) is 0 Å². The molecule has 5 heteroatoms. The summed E-state index contributed by atoms with van der Waals surface area (Å²) >= 11 is 0. The molecule has 0 saturated heterocycles. The smallest absolute Gasteiger partial charge is 0.254 e. The molecular weight excluding hydrogens is 264 g/mol. The maximum atomic E-state index is 12.4. The van der Waals surface area contributed by atoms with E-state index in [4.69, 9.17) is 5.73 Å². The van der Waals surface area contributed by atoms with Gasteiger partial charge in [-0.3, -0.25) is 9.48 Å². The summed E-state index contributed by atoms with van der Waals surface area (Å²) in [6.07, 6.45) is 7.99. The summed E-state index contributed by atoms with van der Waals surface area (Å²) < 4.78 is 1.88. The van der Waals surface area contributed by atoms with E-state index in [9.17, 15) is 4.79 Å². The van der Waals surface area contributed by atoms with Crippen molar-refractivity contribution in [3.05, 3.63) is 17.5 Å². The summed E-state index contributed by atoms with van der Waals surface area (Å²) in [6, 6.07) is 0. The molecule has 1 amide bonds. The molecule has 1 aromatic rings. The molecule has 0 atom stereocenters. The average Bonchev–Trinajstić information content (AvgIpc) is 3.37. The van der Waals surface area contributed by atoms with Crippen molar-refractivity contribution in [2.24, 2.45) is 23.5 Å². The lowest BCUT2D eigenvalue weighted by Crippen LogP contribution is -2.31. The minimum Gasteiger partial charge on any atom is -0.352 e. The van der Waals surface area contributed by atoms with Crippen LogP contribution in [0.25, 0.3) is 0 Å². The first-order valence-electron chi connectivity index (χ1n) is 8.21. The zero-order valence-corrected chi connectivity index (χ0v) is 12.8. The van der Waals surface area contributed by atoms with E-state index in [2.05, 4.69) is 10.4 Å². The summed E-state index contributed by atoms with van der Waals surface area (Å²) in [5.41, 5.74) is 7.17. The van der Waals surface area contributed by atoms with Gasteiger partial charge in [0.15, 0.2) is 0 Å². The van der Waals surface area contributed by atoms with Gasteiger partial charge in [0.05, 0.1) is 11.8 Å². The van der Waals surface area contributed by atoms with Crippen molar-refractivity contribution in [2.45, 2.75) is 45.6 Å². The van der Waals surface area contributed by atoms with Crippen LogP contribution >= 0.6 is 0 Å². The lowest BCUT2D eigenvalue weighted by Gasteiger charge is -2.16. The van der Waals surface area contributed by atoms with E-state index in [-0.39, 0.29) is 5.91 Å². The van der Waals surface area contributed by atoms with Crippen LogP contribution in [0.2, 0.25) is 0 Å². The Balaban J connectivity index is 1.56. The molecule has 2 fully saturated rings. The van der Waals surface area contributed by atoms with Gasteiger partial charge >= 0.3 is 0 Å². The Morgan fingerprint density at radius 2 is 2.10 bits per heavy atom. The van der Waals surface area contributed by atoms with E-state index in [0.717, 1.165) is 37.0 Å². The Bertz CT molecular complexity index is 490. The summed E-state index contributed by atoms with van der Waals surface area (Å²) in [7, 11) is 0. The topological polar surface area (TPSA) is 72.9 Å². The van der Waals surface area contributed by atoms with Crippen molar-refractivity contribution in [3.8, 4) is 0 Å². The number of aryl methyl sites for hydroxylation is 1. The minimum atomic E-state index is 0.0257. The predicted octanol–water partition coefficient (Wildman–Crippen LogP) is 1.71. The fourth-order valence-corrected chi connectivity index (χ4v) is 3.21. The monoisotopic (exact) mass is 290 g/mol. The second-order valence-corrected chi connectivity index (χ2v) is 6.56. The third-order valence-electron chi connectivity index (χ3n) is 4.88. The van der Waals surface area contributed by atoms with Gasteiger partial charge < -0.3 is 11.1 Å². The van der Waals surface area contributed by atoms with E-state index in [1.165, 1.54) is 25.7 Å². The highest BCUT2D eigenvalue weighted by molar-refractivity contribution is 5.95. The molecule has 0 aromatic carbocycles. The number of carbonyl (C=O) groups excluding carboxylic acids is 1. The summed E-state index contributed by atoms with van der Waals surface area (Å²) in [5, 5.41) is 7.43. The maximum Gasteiger partial charge on any atom is 0.254 e. The average molecular weight is 290 g/mol. The van der Waals surface area contributed by atoms with Crippen LogP contribution in [-0.4, -0.2) is 28.8 Å². The molecule has 3 rings (SSSR count). The Kier molecular flexibility index (Phi) is 4.29. The lowest BCUT2D eigenvalue weighted by atomic mass is 9.98. The number of nitrogens with one attached hydrogen (secondary N) is 1.